The van der Waals surface area contributed by atoms with E-state index in [9.17, 15) is 4.79 Å². The predicted octanol–water partition coefficient (Wildman–Crippen LogP) is 2.61. The van der Waals surface area contributed by atoms with Gasteiger partial charge in [0.15, 0.2) is 17.1 Å². The van der Waals surface area contributed by atoms with Gasteiger partial charge in [0.2, 0.25) is 11.8 Å². The minimum Gasteiger partial charge on any atom is -0.493 e. The number of rotatable bonds is 4. The van der Waals surface area contributed by atoms with Crippen molar-refractivity contribution < 1.29 is 18.7 Å². The van der Waals surface area contributed by atoms with E-state index in [1.165, 1.54) is 0 Å². The number of aromatic nitrogens is 1. The van der Waals surface area contributed by atoms with Crippen molar-refractivity contribution in [3.8, 4) is 23.0 Å². The average Bonchev–Trinajstić information content (AvgIpc) is 2.97. The maximum atomic E-state index is 11.2. The Morgan fingerprint density at radius 2 is 1.86 bits per heavy atom. The largest absolute Gasteiger partial charge is 0.493 e. The van der Waals surface area contributed by atoms with Crippen LogP contribution < -0.4 is 15.2 Å². The normalized spacial score (nSPS) is 10.6. The number of amides is 1. The van der Waals surface area contributed by atoms with E-state index in [4.69, 9.17) is 19.6 Å². The molecule has 0 radical (unpaired) electrons. The van der Waals surface area contributed by atoms with Gasteiger partial charge in [0.25, 0.3) is 0 Å². The molecule has 0 fully saturated rings. The predicted molar refractivity (Wildman–Crippen MR) is 81.1 cm³/mol. The van der Waals surface area contributed by atoms with Crippen molar-refractivity contribution in [3.63, 3.8) is 0 Å². The van der Waals surface area contributed by atoms with E-state index in [1.807, 2.05) is 6.07 Å². The zero-order valence-electron chi connectivity index (χ0n) is 12.1. The van der Waals surface area contributed by atoms with Crippen LogP contribution in [0.15, 0.2) is 40.8 Å². The lowest BCUT2D eigenvalue weighted by molar-refractivity contribution is 0.100. The van der Waals surface area contributed by atoms with E-state index in [0.29, 0.717) is 34.1 Å². The van der Waals surface area contributed by atoms with Gasteiger partial charge in [0.1, 0.15) is 5.52 Å². The molecule has 0 spiro atoms. The van der Waals surface area contributed by atoms with Crippen molar-refractivity contribution in [1.29, 1.82) is 0 Å². The zero-order chi connectivity index (χ0) is 15.7. The molecule has 0 aliphatic rings. The Bertz CT molecular complexity index is 854. The summed E-state index contributed by atoms with van der Waals surface area (Å²) in [6, 6.07) is 10.3. The summed E-state index contributed by atoms with van der Waals surface area (Å²) in [4.78, 5) is 15.6. The van der Waals surface area contributed by atoms with E-state index in [0.717, 1.165) is 5.56 Å². The van der Waals surface area contributed by atoms with Crippen LogP contribution in [0.1, 0.15) is 10.4 Å². The summed E-state index contributed by atoms with van der Waals surface area (Å²) in [6.07, 6.45) is 0. The van der Waals surface area contributed by atoms with E-state index < -0.39 is 5.91 Å². The van der Waals surface area contributed by atoms with Crippen LogP contribution in [-0.4, -0.2) is 25.1 Å². The van der Waals surface area contributed by atoms with Crippen LogP contribution in [0, 0.1) is 0 Å². The van der Waals surface area contributed by atoms with Gasteiger partial charge < -0.3 is 19.6 Å². The van der Waals surface area contributed by atoms with Crippen molar-refractivity contribution in [3.05, 3.63) is 42.0 Å². The highest BCUT2D eigenvalue weighted by atomic mass is 16.5. The standard InChI is InChI=1S/C16H14N2O4/c1-20-13-6-4-10(8-14(13)21-2)16-18-11-7-9(15(17)19)3-5-12(11)22-16/h3-8H,1-2H3,(H2,17,19). The molecule has 0 aliphatic carbocycles. The van der Waals surface area contributed by atoms with E-state index >= 15 is 0 Å². The molecule has 0 atom stereocenters. The smallest absolute Gasteiger partial charge is 0.248 e. The first-order valence-electron chi connectivity index (χ1n) is 6.55. The number of oxazole rings is 1. The van der Waals surface area contributed by atoms with E-state index in [2.05, 4.69) is 4.98 Å². The summed E-state index contributed by atoms with van der Waals surface area (Å²) < 4.78 is 16.2. The number of hydrogen-bond acceptors (Lipinski definition) is 5. The van der Waals surface area contributed by atoms with Gasteiger partial charge in [-0.05, 0) is 36.4 Å². The SMILES string of the molecule is COc1ccc(-c2nc3cc(C(N)=O)ccc3o2)cc1OC. The Morgan fingerprint density at radius 1 is 1.09 bits per heavy atom. The number of carbonyl (C=O) groups excluding carboxylic acids is 1. The van der Waals surface area contributed by atoms with Crippen LogP contribution >= 0.6 is 0 Å². The molecule has 0 bridgehead atoms. The third-order valence-electron chi connectivity index (χ3n) is 3.30. The molecule has 0 saturated carbocycles. The highest BCUT2D eigenvalue weighted by molar-refractivity contribution is 5.96. The minimum atomic E-state index is -0.502. The number of carbonyl (C=O) groups is 1. The van der Waals surface area contributed by atoms with Crippen LogP contribution in [0.5, 0.6) is 11.5 Å². The van der Waals surface area contributed by atoms with Crippen molar-refractivity contribution >= 4 is 17.0 Å². The first kappa shape index (κ1) is 13.9. The van der Waals surface area contributed by atoms with Gasteiger partial charge in [-0.1, -0.05) is 0 Å². The van der Waals surface area contributed by atoms with Gasteiger partial charge in [-0.25, -0.2) is 4.98 Å². The fourth-order valence-corrected chi connectivity index (χ4v) is 2.17. The maximum absolute atomic E-state index is 11.2. The molecule has 3 rings (SSSR count). The fourth-order valence-electron chi connectivity index (χ4n) is 2.17. The second kappa shape index (κ2) is 5.40. The Labute approximate surface area is 126 Å². The molecule has 0 unspecified atom stereocenters. The van der Waals surface area contributed by atoms with Crippen molar-refractivity contribution in [1.82, 2.24) is 4.98 Å². The highest BCUT2D eigenvalue weighted by Gasteiger charge is 2.13. The Kier molecular flexibility index (Phi) is 3.42. The maximum Gasteiger partial charge on any atom is 0.248 e. The van der Waals surface area contributed by atoms with Crippen LogP contribution in [0.2, 0.25) is 0 Å². The van der Waals surface area contributed by atoms with E-state index in [-0.39, 0.29) is 0 Å². The zero-order valence-corrected chi connectivity index (χ0v) is 12.1. The highest BCUT2D eigenvalue weighted by Crippen LogP contribution is 2.33. The molecular formula is C16H14N2O4. The Morgan fingerprint density at radius 3 is 2.55 bits per heavy atom. The second-order valence-corrected chi connectivity index (χ2v) is 4.64. The summed E-state index contributed by atoms with van der Waals surface area (Å²) in [5, 5.41) is 0. The summed E-state index contributed by atoms with van der Waals surface area (Å²) in [5.41, 5.74) is 7.55. The lowest BCUT2D eigenvalue weighted by Gasteiger charge is -2.07. The van der Waals surface area contributed by atoms with Gasteiger partial charge in [-0.2, -0.15) is 0 Å². The Hall–Kier alpha value is -3.02. The molecule has 0 saturated heterocycles. The summed E-state index contributed by atoms with van der Waals surface area (Å²) in [7, 11) is 3.13. The molecular weight excluding hydrogens is 284 g/mol. The molecule has 2 aromatic carbocycles. The lowest BCUT2D eigenvalue weighted by Crippen LogP contribution is -2.10. The number of ether oxygens (including phenoxy) is 2. The molecule has 1 amide bonds. The average molecular weight is 298 g/mol. The molecule has 1 aromatic heterocycles. The second-order valence-electron chi connectivity index (χ2n) is 4.64. The van der Waals surface area contributed by atoms with Crippen LogP contribution in [0.3, 0.4) is 0 Å². The van der Waals surface area contributed by atoms with Crippen molar-refractivity contribution in [2.45, 2.75) is 0 Å². The number of hydrogen-bond donors (Lipinski definition) is 1. The molecule has 2 N–H and O–H groups in total. The lowest BCUT2D eigenvalue weighted by atomic mass is 10.2. The minimum absolute atomic E-state index is 0.389. The van der Waals surface area contributed by atoms with Gasteiger partial charge >= 0.3 is 0 Å². The van der Waals surface area contributed by atoms with Crippen molar-refractivity contribution in [2.24, 2.45) is 5.73 Å². The Balaban J connectivity index is 2.08. The number of methoxy groups -OCH3 is 2. The molecule has 1 heterocycles. The van der Waals surface area contributed by atoms with Crippen LogP contribution in [-0.2, 0) is 0 Å². The summed E-state index contributed by atoms with van der Waals surface area (Å²) >= 11 is 0. The number of nitrogens with two attached hydrogens (primary N) is 1. The molecule has 6 nitrogen and oxygen atoms in total. The van der Waals surface area contributed by atoms with Crippen LogP contribution in [0.4, 0.5) is 0 Å². The van der Waals surface area contributed by atoms with E-state index in [1.54, 1.807) is 44.6 Å². The first-order chi connectivity index (χ1) is 10.6. The van der Waals surface area contributed by atoms with Gasteiger partial charge in [0, 0.05) is 11.1 Å². The summed E-state index contributed by atoms with van der Waals surface area (Å²) in [6.45, 7) is 0. The quantitative estimate of drug-likeness (QED) is 0.800. The third-order valence-corrected chi connectivity index (χ3v) is 3.30. The third kappa shape index (κ3) is 2.35. The molecule has 0 aliphatic heterocycles. The fraction of sp³-hybridized carbons (Fsp3) is 0.125. The molecule has 6 heteroatoms. The molecule has 22 heavy (non-hydrogen) atoms. The molecule has 112 valence electrons. The van der Waals surface area contributed by atoms with Crippen LogP contribution in [0.25, 0.3) is 22.6 Å². The first-order valence-corrected chi connectivity index (χ1v) is 6.55. The number of benzene rings is 2. The van der Waals surface area contributed by atoms with Gasteiger partial charge in [-0.3, -0.25) is 4.79 Å². The summed E-state index contributed by atoms with van der Waals surface area (Å²) in [5.74, 6) is 1.13. The van der Waals surface area contributed by atoms with Crippen molar-refractivity contribution in [2.75, 3.05) is 14.2 Å². The van der Waals surface area contributed by atoms with Gasteiger partial charge in [0.05, 0.1) is 14.2 Å². The molecule has 3 aromatic rings. The topological polar surface area (TPSA) is 87.6 Å². The van der Waals surface area contributed by atoms with Gasteiger partial charge in [-0.15, -0.1) is 0 Å². The number of fused-ring (bicyclic) bond motifs is 1. The number of primary amides is 1. The number of nitrogens with zero attached hydrogens (tertiary/aromatic N) is 1. The monoisotopic (exact) mass is 298 g/mol.